The van der Waals surface area contributed by atoms with Crippen LogP contribution in [0.1, 0.15) is 6.92 Å². The zero-order chi connectivity index (χ0) is 21.1. The predicted octanol–water partition coefficient (Wildman–Crippen LogP) is 4.37. The van der Waals surface area contributed by atoms with Crippen molar-refractivity contribution < 1.29 is 13.2 Å². The summed E-state index contributed by atoms with van der Waals surface area (Å²) in [7, 11) is -3.60. The molecule has 158 valence electrons. The smallest absolute Gasteiger partial charge is 0.244 e. The molecule has 0 bridgehead atoms. The zero-order valence-corrected chi connectivity index (χ0v) is 18.9. The Morgan fingerprint density at radius 1 is 1.07 bits per heavy atom. The highest BCUT2D eigenvalue weighted by molar-refractivity contribution is 7.89. The molecule has 1 saturated heterocycles. The van der Waals surface area contributed by atoms with Crippen molar-refractivity contribution in [2.45, 2.75) is 11.8 Å². The highest BCUT2D eigenvalue weighted by Gasteiger charge is 2.30. The molecular formula is C21H22ClN3O3S2. The highest BCUT2D eigenvalue weighted by Crippen LogP contribution is 2.30. The molecule has 1 aliphatic heterocycles. The fourth-order valence-electron chi connectivity index (χ4n) is 3.34. The lowest BCUT2D eigenvalue weighted by atomic mass is 10.2. The maximum Gasteiger partial charge on any atom is 0.244 e. The molecule has 1 aliphatic rings. The molecule has 3 aromatic rings. The van der Waals surface area contributed by atoms with Gasteiger partial charge in [-0.1, -0.05) is 23.7 Å². The van der Waals surface area contributed by atoms with Gasteiger partial charge in [0.15, 0.2) is 5.13 Å². The van der Waals surface area contributed by atoms with Crippen molar-refractivity contribution >= 4 is 38.1 Å². The third-order valence-corrected chi connectivity index (χ3v) is 8.22. The Hall–Kier alpha value is -2.13. The number of rotatable bonds is 6. The van der Waals surface area contributed by atoms with Crippen molar-refractivity contribution in [3.8, 4) is 17.0 Å². The number of ether oxygens (including phenoxy) is 1. The van der Waals surface area contributed by atoms with Crippen LogP contribution in [-0.4, -0.2) is 50.5 Å². The molecule has 2 aromatic carbocycles. The van der Waals surface area contributed by atoms with Crippen LogP contribution in [0.3, 0.4) is 0 Å². The first-order valence-electron chi connectivity index (χ1n) is 9.67. The highest BCUT2D eigenvalue weighted by atomic mass is 35.5. The summed E-state index contributed by atoms with van der Waals surface area (Å²) in [5.41, 5.74) is 1.94. The van der Waals surface area contributed by atoms with Gasteiger partial charge in [-0.25, -0.2) is 13.4 Å². The van der Waals surface area contributed by atoms with Crippen LogP contribution >= 0.6 is 22.9 Å². The second-order valence-electron chi connectivity index (χ2n) is 6.79. The van der Waals surface area contributed by atoms with Gasteiger partial charge in [-0.2, -0.15) is 4.31 Å². The number of thiazole rings is 1. The molecule has 0 unspecified atom stereocenters. The van der Waals surface area contributed by atoms with E-state index in [0.29, 0.717) is 32.8 Å². The number of hydrogen-bond donors (Lipinski definition) is 0. The molecule has 30 heavy (non-hydrogen) atoms. The van der Waals surface area contributed by atoms with Crippen molar-refractivity contribution in [3.63, 3.8) is 0 Å². The van der Waals surface area contributed by atoms with E-state index in [1.54, 1.807) is 35.6 Å². The Labute approximate surface area is 185 Å². The van der Waals surface area contributed by atoms with Gasteiger partial charge >= 0.3 is 0 Å². The van der Waals surface area contributed by atoms with Crippen molar-refractivity contribution in [2.24, 2.45) is 0 Å². The van der Waals surface area contributed by atoms with Gasteiger partial charge < -0.3 is 9.64 Å². The van der Waals surface area contributed by atoms with Gasteiger partial charge in [0.1, 0.15) is 10.6 Å². The monoisotopic (exact) mass is 463 g/mol. The number of anilines is 1. The summed E-state index contributed by atoms with van der Waals surface area (Å²) in [4.78, 5) is 7.04. The lowest BCUT2D eigenvalue weighted by molar-refractivity contribution is 0.340. The average molecular weight is 464 g/mol. The Kier molecular flexibility index (Phi) is 6.29. The molecule has 0 aliphatic carbocycles. The van der Waals surface area contributed by atoms with E-state index >= 15 is 0 Å². The Morgan fingerprint density at radius 2 is 1.77 bits per heavy atom. The number of piperazine rings is 1. The quantitative estimate of drug-likeness (QED) is 0.543. The van der Waals surface area contributed by atoms with Gasteiger partial charge in [-0.15, -0.1) is 11.3 Å². The maximum atomic E-state index is 12.9. The number of hydrogen-bond acceptors (Lipinski definition) is 6. The molecule has 4 rings (SSSR count). The molecule has 0 N–H and O–H groups in total. The summed E-state index contributed by atoms with van der Waals surface area (Å²) in [6.07, 6.45) is 0. The Bertz CT molecular complexity index is 1110. The van der Waals surface area contributed by atoms with Gasteiger partial charge in [0, 0.05) is 37.1 Å². The number of aromatic nitrogens is 1. The molecule has 2 heterocycles. The van der Waals surface area contributed by atoms with E-state index in [4.69, 9.17) is 21.3 Å². The summed E-state index contributed by atoms with van der Waals surface area (Å²) in [6, 6.07) is 14.4. The molecule has 0 radical (unpaired) electrons. The van der Waals surface area contributed by atoms with E-state index in [1.807, 2.05) is 36.6 Å². The molecule has 0 amide bonds. The third-order valence-electron chi connectivity index (χ3n) is 4.92. The molecule has 0 spiro atoms. The topological polar surface area (TPSA) is 62.7 Å². The standard InChI is InChI=1S/C21H22ClN3O3S2/c1-2-28-17-9-7-16(8-10-17)19-15-29-21(23-19)24-11-13-25(14-12-24)30(26,27)20-6-4-3-5-18(20)22/h3-10,15H,2,11-14H2,1H3. The molecule has 0 saturated carbocycles. The van der Waals surface area contributed by atoms with Crippen LogP contribution in [0.4, 0.5) is 5.13 Å². The first kappa shape index (κ1) is 21.1. The number of nitrogens with zero attached hydrogens (tertiary/aromatic N) is 3. The number of benzene rings is 2. The second kappa shape index (κ2) is 8.93. The first-order chi connectivity index (χ1) is 14.5. The van der Waals surface area contributed by atoms with Crippen LogP contribution in [0.5, 0.6) is 5.75 Å². The van der Waals surface area contributed by atoms with Gasteiger partial charge in [0.2, 0.25) is 10.0 Å². The van der Waals surface area contributed by atoms with E-state index in [1.165, 1.54) is 4.31 Å². The van der Waals surface area contributed by atoms with E-state index < -0.39 is 10.0 Å². The van der Waals surface area contributed by atoms with Gasteiger partial charge in [-0.3, -0.25) is 0 Å². The second-order valence-corrected chi connectivity index (χ2v) is 9.94. The maximum absolute atomic E-state index is 12.9. The van der Waals surface area contributed by atoms with E-state index in [2.05, 4.69) is 4.90 Å². The summed E-state index contributed by atoms with van der Waals surface area (Å²) >= 11 is 7.68. The SMILES string of the molecule is CCOc1ccc(-c2csc(N3CCN(S(=O)(=O)c4ccccc4Cl)CC3)n2)cc1. The van der Waals surface area contributed by atoms with Gasteiger partial charge in [0.05, 0.1) is 17.3 Å². The van der Waals surface area contributed by atoms with Crippen LogP contribution in [0.2, 0.25) is 5.02 Å². The summed E-state index contributed by atoms with van der Waals surface area (Å²) in [5.74, 6) is 0.840. The van der Waals surface area contributed by atoms with E-state index in [-0.39, 0.29) is 9.92 Å². The summed E-state index contributed by atoms with van der Waals surface area (Å²) < 4.78 is 32.8. The van der Waals surface area contributed by atoms with E-state index in [0.717, 1.165) is 22.1 Å². The van der Waals surface area contributed by atoms with Crippen LogP contribution in [0, 0.1) is 0 Å². The molecule has 9 heteroatoms. The normalized spacial score (nSPS) is 15.3. The van der Waals surface area contributed by atoms with E-state index in [9.17, 15) is 8.42 Å². The van der Waals surface area contributed by atoms with Crippen LogP contribution in [0.15, 0.2) is 58.8 Å². The summed E-state index contributed by atoms with van der Waals surface area (Å²) in [5, 5.41) is 3.17. The van der Waals surface area contributed by atoms with Crippen molar-refractivity contribution in [1.29, 1.82) is 0 Å². The third kappa shape index (κ3) is 4.32. The van der Waals surface area contributed by atoms with Gasteiger partial charge in [0.25, 0.3) is 0 Å². The molecule has 1 fully saturated rings. The number of sulfonamides is 1. The molecular weight excluding hydrogens is 442 g/mol. The van der Waals surface area contributed by atoms with Crippen molar-refractivity contribution in [1.82, 2.24) is 9.29 Å². The Morgan fingerprint density at radius 3 is 2.43 bits per heavy atom. The Balaban J connectivity index is 1.43. The minimum atomic E-state index is -3.60. The fourth-order valence-corrected chi connectivity index (χ4v) is 6.15. The average Bonchev–Trinajstić information content (AvgIpc) is 3.25. The molecule has 6 nitrogen and oxygen atoms in total. The minimum absolute atomic E-state index is 0.159. The molecule has 0 atom stereocenters. The fraction of sp³-hybridized carbons (Fsp3) is 0.286. The largest absolute Gasteiger partial charge is 0.494 e. The van der Waals surface area contributed by atoms with Crippen molar-refractivity contribution in [3.05, 3.63) is 58.9 Å². The van der Waals surface area contributed by atoms with Crippen LogP contribution < -0.4 is 9.64 Å². The predicted molar refractivity (Wildman–Crippen MR) is 121 cm³/mol. The van der Waals surface area contributed by atoms with Gasteiger partial charge in [-0.05, 0) is 43.3 Å². The minimum Gasteiger partial charge on any atom is -0.494 e. The zero-order valence-electron chi connectivity index (χ0n) is 16.5. The van der Waals surface area contributed by atoms with Crippen LogP contribution in [-0.2, 0) is 10.0 Å². The lowest BCUT2D eigenvalue weighted by Crippen LogP contribution is -2.48. The first-order valence-corrected chi connectivity index (χ1v) is 12.4. The molecule has 1 aromatic heterocycles. The summed E-state index contributed by atoms with van der Waals surface area (Å²) in [6.45, 7) is 4.55. The van der Waals surface area contributed by atoms with Crippen LogP contribution in [0.25, 0.3) is 11.3 Å². The lowest BCUT2D eigenvalue weighted by Gasteiger charge is -2.33. The van der Waals surface area contributed by atoms with Crippen molar-refractivity contribution in [2.75, 3.05) is 37.7 Å². The number of halogens is 1.